The van der Waals surface area contributed by atoms with Crippen LogP contribution in [0.5, 0.6) is 17.2 Å². The molecule has 0 atom stereocenters. The SMILES string of the molecule is Oc1ccc(CNCc2ccc(Br)cc2)c(O)c1O. The summed E-state index contributed by atoms with van der Waals surface area (Å²) >= 11 is 3.37. The van der Waals surface area contributed by atoms with Gasteiger partial charge in [-0.3, -0.25) is 0 Å². The van der Waals surface area contributed by atoms with E-state index in [1.54, 1.807) is 6.07 Å². The van der Waals surface area contributed by atoms with Crippen molar-refractivity contribution in [3.05, 3.63) is 52.0 Å². The Balaban J connectivity index is 1.96. The molecule has 0 amide bonds. The van der Waals surface area contributed by atoms with Gasteiger partial charge in [0.05, 0.1) is 0 Å². The van der Waals surface area contributed by atoms with E-state index >= 15 is 0 Å². The van der Waals surface area contributed by atoms with Gasteiger partial charge in [-0.15, -0.1) is 0 Å². The maximum atomic E-state index is 9.66. The van der Waals surface area contributed by atoms with Crippen LogP contribution in [0.25, 0.3) is 0 Å². The van der Waals surface area contributed by atoms with Crippen LogP contribution in [-0.2, 0) is 13.1 Å². The molecule has 0 saturated carbocycles. The van der Waals surface area contributed by atoms with Gasteiger partial charge in [-0.2, -0.15) is 0 Å². The third-order valence-electron chi connectivity index (χ3n) is 2.77. The molecule has 19 heavy (non-hydrogen) atoms. The van der Waals surface area contributed by atoms with E-state index in [1.807, 2.05) is 24.3 Å². The Hall–Kier alpha value is -1.72. The van der Waals surface area contributed by atoms with Crippen molar-refractivity contribution in [2.75, 3.05) is 0 Å². The Morgan fingerprint density at radius 1 is 0.842 bits per heavy atom. The maximum Gasteiger partial charge on any atom is 0.200 e. The highest BCUT2D eigenvalue weighted by Crippen LogP contribution is 2.36. The molecule has 0 saturated heterocycles. The molecule has 0 aliphatic rings. The number of rotatable bonds is 4. The smallest absolute Gasteiger partial charge is 0.200 e. The highest BCUT2D eigenvalue weighted by Gasteiger charge is 2.10. The standard InChI is InChI=1S/C14H14BrNO3/c15-11-4-1-9(2-5-11)7-16-8-10-3-6-12(17)14(19)13(10)18/h1-6,16-19H,7-8H2. The van der Waals surface area contributed by atoms with Gasteiger partial charge < -0.3 is 20.6 Å². The van der Waals surface area contributed by atoms with Crippen LogP contribution in [0, 0.1) is 0 Å². The summed E-state index contributed by atoms with van der Waals surface area (Å²) in [4.78, 5) is 0. The zero-order valence-electron chi connectivity index (χ0n) is 10.1. The second kappa shape index (κ2) is 5.95. The van der Waals surface area contributed by atoms with Crippen molar-refractivity contribution in [3.63, 3.8) is 0 Å². The Morgan fingerprint density at radius 3 is 2.21 bits per heavy atom. The van der Waals surface area contributed by atoms with Crippen LogP contribution in [0.4, 0.5) is 0 Å². The third-order valence-corrected chi connectivity index (χ3v) is 3.30. The van der Waals surface area contributed by atoms with Gasteiger partial charge in [-0.1, -0.05) is 34.1 Å². The van der Waals surface area contributed by atoms with Crippen LogP contribution in [0.3, 0.4) is 0 Å². The number of hydrogen-bond acceptors (Lipinski definition) is 4. The summed E-state index contributed by atoms with van der Waals surface area (Å²) in [6.07, 6.45) is 0. The van der Waals surface area contributed by atoms with Crippen molar-refractivity contribution in [2.24, 2.45) is 0 Å². The highest BCUT2D eigenvalue weighted by molar-refractivity contribution is 9.10. The number of hydrogen-bond donors (Lipinski definition) is 4. The van der Waals surface area contributed by atoms with Crippen LogP contribution in [0.2, 0.25) is 0 Å². The highest BCUT2D eigenvalue weighted by atomic mass is 79.9. The van der Waals surface area contributed by atoms with Gasteiger partial charge in [0.1, 0.15) is 0 Å². The molecule has 2 aromatic carbocycles. The zero-order valence-corrected chi connectivity index (χ0v) is 11.7. The summed E-state index contributed by atoms with van der Waals surface area (Å²) in [5.74, 6) is -1.10. The molecule has 0 spiro atoms. The molecule has 4 N–H and O–H groups in total. The van der Waals surface area contributed by atoms with Gasteiger partial charge in [0.25, 0.3) is 0 Å². The monoisotopic (exact) mass is 323 g/mol. The van der Waals surface area contributed by atoms with Crippen LogP contribution in [-0.4, -0.2) is 15.3 Å². The molecule has 0 aliphatic heterocycles. The zero-order chi connectivity index (χ0) is 13.8. The first kappa shape index (κ1) is 13.7. The topological polar surface area (TPSA) is 72.7 Å². The van der Waals surface area contributed by atoms with Gasteiger partial charge >= 0.3 is 0 Å². The molecule has 0 bridgehead atoms. The van der Waals surface area contributed by atoms with Crippen LogP contribution in [0.1, 0.15) is 11.1 Å². The lowest BCUT2D eigenvalue weighted by Gasteiger charge is -2.09. The average Bonchev–Trinajstić information content (AvgIpc) is 2.41. The maximum absolute atomic E-state index is 9.66. The molecule has 0 heterocycles. The summed E-state index contributed by atoms with van der Waals surface area (Å²) in [6, 6.07) is 10.8. The van der Waals surface area contributed by atoms with E-state index in [9.17, 15) is 15.3 Å². The fraction of sp³-hybridized carbons (Fsp3) is 0.143. The Kier molecular flexibility index (Phi) is 4.29. The van der Waals surface area contributed by atoms with Crippen molar-refractivity contribution in [3.8, 4) is 17.2 Å². The van der Waals surface area contributed by atoms with Crippen LogP contribution >= 0.6 is 15.9 Å². The third kappa shape index (κ3) is 3.39. The molecule has 0 radical (unpaired) electrons. The summed E-state index contributed by atoms with van der Waals surface area (Å²) in [6.45, 7) is 1.05. The molecule has 4 nitrogen and oxygen atoms in total. The first-order valence-corrected chi connectivity index (χ1v) is 6.55. The van der Waals surface area contributed by atoms with E-state index in [1.165, 1.54) is 6.07 Å². The van der Waals surface area contributed by atoms with Crippen molar-refractivity contribution in [1.29, 1.82) is 0 Å². The van der Waals surface area contributed by atoms with Gasteiger partial charge in [0.2, 0.25) is 5.75 Å². The van der Waals surface area contributed by atoms with Crippen molar-refractivity contribution in [2.45, 2.75) is 13.1 Å². The van der Waals surface area contributed by atoms with Crippen molar-refractivity contribution in [1.82, 2.24) is 5.32 Å². The molecule has 0 aliphatic carbocycles. The van der Waals surface area contributed by atoms with E-state index in [-0.39, 0.29) is 11.5 Å². The lowest BCUT2D eigenvalue weighted by Crippen LogP contribution is -2.12. The summed E-state index contributed by atoms with van der Waals surface area (Å²) in [7, 11) is 0. The minimum atomic E-state index is -0.483. The number of benzene rings is 2. The molecular formula is C14H14BrNO3. The first-order valence-electron chi connectivity index (χ1n) is 5.76. The summed E-state index contributed by atoms with van der Waals surface area (Å²) in [5, 5.41) is 31.4. The number of aromatic hydroxyl groups is 3. The number of phenolic OH excluding ortho intramolecular Hbond substituents is 3. The van der Waals surface area contributed by atoms with Gasteiger partial charge in [-0.05, 0) is 23.8 Å². The summed E-state index contributed by atoms with van der Waals surface area (Å²) < 4.78 is 1.03. The Bertz CT molecular complexity index is 570. The molecule has 0 aromatic heterocycles. The quantitative estimate of drug-likeness (QED) is 0.653. The van der Waals surface area contributed by atoms with Crippen molar-refractivity contribution >= 4 is 15.9 Å². The predicted octanol–water partition coefficient (Wildman–Crippen LogP) is 2.86. The Morgan fingerprint density at radius 2 is 1.53 bits per heavy atom. The largest absolute Gasteiger partial charge is 0.504 e. The average molecular weight is 324 g/mol. The second-order valence-corrected chi connectivity index (χ2v) is 5.09. The molecule has 5 heteroatoms. The lowest BCUT2D eigenvalue weighted by atomic mass is 10.1. The fourth-order valence-corrected chi connectivity index (χ4v) is 1.96. The molecular weight excluding hydrogens is 310 g/mol. The first-order chi connectivity index (χ1) is 9.08. The molecule has 100 valence electrons. The van der Waals surface area contributed by atoms with Gasteiger partial charge in [-0.25, -0.2) is 0 Å². The van der Waals surface area contributed by atoms with Crippen molar-refractivity contribution < 1.29 is 15.3 Å². The van der Waals surface area contributed by atoms with E-state index in [4.69, 9.17) is 0 Å². The van der Waals surface area contributed by atoms with Gasteiger partial charge in [0.15, 0.2) is 11.5 Å². The molecule has 2 aromatic rings. The van der Waals surface area contributed by atoms with Gasteiger partial charge in [0, 0.05) is 23.1 Å². The van der Waals surface area contributed by atoms with Crippen LogP contribution in [0.15, 0.2) is 40.9 Å². The van der Waals surface area contributed by atoms with E-state index in [0.29, 0.717) is 18.7 Å². The Labute approximate surface area is 119 Å². The fourth-order valence-electron chi connectivity index (χ4n) is 1.70. The van der Waals surface area contributed by atoms with E-state index in [2.05, 4.69) is 21.2 Å². The minimum absolute atomic E-state index is 0.289. The van der Waals surface area contributed by atoms with E-state index in [0.717, 1.165) is 10.0 Å². The lowest BCUT2D eigenvalue weighted by molar-refractivity contribution is 0.364. The molecule has 0 unspecified atom stereocenters. The predicted molar refractivity (Wildman–Crippen MR) is 76.1 cm³/mol. The van der Waals surface area contributed by atoms with E-state index < -0.39 is 5.75 Å². The minimum Gasteiger partial charge on any atom is -0.504 e. The number of halogens is 1. The molecule has 0 fully saturated rings. The molecule has 2 rings (SSSR count). The normalized spacial score (nSPS) is 10.6. The number of nitrogens with one attached hydrogen (secondary N) is 1. The number of phenols is 3. The summed E-state index contributed by atoms with van der Waals surface area (Å²) in [5.41, 5.74) is 1.65. The second-order valence-electron chi connectivity index (χ2n) is 4.17. The van der Waals surface area contributed by atoms with Crippen LogP contribution < -0.4 is 5.32 Å².